The largest absolute Gasteiger partial charge is 0.497 e. The third-order valence-electron chi connectivity index (χ3n) is 4.27. The van der Waals surface area contributed by atoms with Gasteiger partial charge in [-0.05, 0) is 36.7 Å². The molecule has 0 spiro atoms. The quantitative estimate of drug-likeness (QED) is 0.804. The average molecular weight is 306 g/mol. The summed E-state index contributed by atoms with van der Waals surface area (Å²) in [6.45, 7) is 6.84. The molecule has 1 aromatic carbocycles. The summed E-state index contributed by atoms with van der Waals surface area (Å²) in [6.07, 6.45) is 1.18. The van der Waals surface area contributed by atoms with Crippen molar-refractivity contribution in [1.29, 1.82) is 0 Å². The Labute approximate surface area is 132 Å². The van der Waals surface area contributed by atoms with E-state index >= 15 is 0 Å². The smallest absolute Gasteiger partial charge is 0.222 e. The summed E-state index contributed by atoms with van der Waals surface area (Å²) in [5.74, 6) is 1.82. The third kappa shape index (κ3) is 4.13. The van der Waals surface area contributed by atoms with Crippen LogP contribution in [-0.4, -0.2) is 62.7 Å². The van der Waals surface area contributed by atoms with Gasteiger partial charge in [0.15, 0.2) is 0 Å². The number of nitrogens with zero attached hydrogens (tertiary/aromatic N) is 2. The summed E-state index contributed by atoms with van der Waals surface area (Å²) < 4.78 is 10.6. The Balaban J connectivity index is 1.91. The Hall–Kier alpha value is -1.75. The van der Waals surface area contributed by atoms with Crippen molar-refractivity contribution in [3.8, 4) is 11.5 Å². The molecule has 0 saturated carbocycles. The summed E-state index contributed by atoms with van der Waals surface area (Å²) in [5.41, 5.74) is 1.02. The van der Waals surface area contributed by atoms with E-state index in [0.717, 1.165) is 49.8 Å². The van der Waals surface area contributed by atoms with Crippen LogP contribution in [0.25, 0.3) is 0 Å². The topological polar surface area (TPSA) is 42.0 Å². The Morgan fingerprint density at radius 3 is 2.45 bits per heavy atom. The Bertz CT molecular complexity index is 497. The lowest BCUT2D eigenvalue weighted by molar-refractivity contribution is -0.132. The van der Waals surface area contributed by atoms with Crippen LogP contribution in [-0.2, 0) is 11.2 Å². The van der Waals surface area contributed by atoms with Crippen molar-refractivity contribution in [3.05, 3.63) is 23.8 Å². The number of hydrogen-bond acceptors (Lipinski definition) is 4. The van der Waals surface area contributed by atoms with Crippen LogP contribution in [0, 0.1) is 0 Å². The van der Waals surface area contributed by atoms with Crippen molar-refractivity contribution in [3.63, 3.8) is 0 Å². The molecule has 1 aliphatic rings. The van der Waals surface area contributed by atoms with Crippen LogP contribution in [0.3, 0.4) is 0 Å². The minimum atomic E-state index is 0.223. The van der Waals surface area contributed by atoms with Crippen LogP contribution in [0.1, 0.15) is 18.9 Å². The fourth-order valence-electron chi connectivity index (χ4n) is 2.79. The summed E-state index contributed by atoms with van der Waals surface area (Å²) >= 11 is 0. The molecule has 22 heavy (non-hydrogen) atoms. The lowest BCUT2D eigenvalue weighted by Crippen LogP contribution is -2.48. The molecule has 2 rings (SSSR count). The lowest BCUT2D eigenvalue weighted by Gasteiger charge is -2.34. The number of likely N-dealkylation sites (N-methyl/N-ethyl adjacent to an activating group) is 1. The van der Waals surface area contributed by atoms with Crippen molar-refractivity contribution in [1.82, 2.24) is 9.80 Å². The number of hydrogen-bond donors (Lipinski definition) is 0. The zero-order valence-corrected chi connectivity index (χ0v) is 13.8. The molecular weight excluding hydrogens is 280 g/mol. The number of methoxy groups -OCH3 is 2. The van der Waals surface area contributed by atoms with Crippen LogP contribution in [0.15, 0.2) is 18.2 Å². The molecule has 0 unspecified atom stereocenters. The summed E-state index contributed by atoms with van der Waals surface area (Å²) in [7, 11) is 3.29. The first-order chi connectivity index (χ1) is 10.7. The lowest BCUT2D eigenvalue weighted by atomic mass is 10.1. The maximum absolute atomic E-state index is 12.4. The second-order valence-electron chi connectivity index (χ2n) is 5.49. The van der Waals surface area contributed by atoms with E-state index in [4.69, 9.17) is 9.47 Å². The molecule has 1 amide bonds. The van der Waals surface area contributed by atoms with Crippen molar-refractivity contribution in [2.45, 2.75) is 19.8 Å². The van der Waals surface area contributed by atoms with Gasteiger partial charge in [-0.25, -0.2) is 0 Å². The second-order valence-corrected chi connectivity index (χ2v) is 5.49. The van der Waals surface area contributed by atoms with Gasteiger partial charge in [0.1, 0.15) is 11.5 Å². The van der Waals surface area contributed by atoms with E-state index < -0.39 is 0 Å². The molecule has 0 atom stereocenters. The maximum Gasteiger partial charge on any atom is 0.222 e. The Morgan fingerprint density at radius 1 is 1.14 bits per heavy atom. The molecule has 1 saturated heterocycles. The van der Waals surface area contributed by atoms with Crippen LogP contribution in [0.2, 0.25) is 0 Å². The predicted molar refractivity (Wildman–Crippen MR) is 86.6 cm³/mol. The first-order valence-corrected chi connectivity index (χ1v) is 7.89. The van der Waals surface area contributed by atoms with Crippen molar-refractivity contribution in [2.24, 2.45) is 0 Å². The van der Waals surface area contributed by atoms with E-state index in [0.29, 0.717) is 12.8 Å². The molecule has 1 aromatic rings. The highest BCUT2D eigenvalue weighted by atomic mass is 16.5. The zero-order chi connectivity index (χ0) is 15.9. The van der Waals surface area contributed by atoms with Gasteiger partial charge in [0.05, 0.1) is 14.2 Å². The van der Waals surface area contributed by atoms with Gasteiger partial charge in [0.25, 0.3) is 0 Å². The Kier molecular flexibility index (Phi) is 6.07. The molecule has 0 aliphatic carbocycles. The molecule has 0 aromatic heterocycles. The van der Waals surface area contributed by atoms with Crippen molar-refractivity contribution in [2.75, 3.05) is 46.9 Å². The molecule has 1 aliphatic heterocycles. The molecule has 1 fully saturated rings. The van der Waals surface area contributed by atoms with Crippen LogP contribution >= 0.6 is 0 Å². The Morgan fingerprint density at radius 2 is 1.86 bits per heavy atom. The fourth-order valence-corrected chi connectivity index (χ4v) is 2.79. The highest BCUT2D eigenvalue weighted by Gasteiger charge is 2.20. The van der Waals surface area contributed by atoms with Crippen molar-refractivity contribution >= 4 is 5.91 Å². The predicted octanol–water partition coefficient (Wildman–Crippen LogP) is 1.80. The highest BCUT2D eigenvalue weighted by molar-refractivity contribution is 5.76. The van der Waals surface area contributed by atoms with Gasteiger partial charge >= 0.3 is 0 Å². The van der Waals surface area contributed by atoms with E-state index in [2.05, 4.69) is 11.8 Å². The van der Waals surface area contributed by atoms with Crippen molar-refractivity contribution < 1.29 is 14.3 Å². The molecule has 122 valence electrons. The number of carbonyl (C=O) groups excluding carboxylic acids is 1. The number of benzene rings is 1. The minimum absolute atomic E-state index is 0.223. The monoisotopic (exact) mass is 306 g/mol. The number of rotatable bonds is 6. The SMILES string of the molecule is CCN1CCN(C(=O)CCc2cc(OC)ccc2OC)CC1. The first-order valence-electron chi connectivity index (χ1n) is 7.89. The normalized spacial score (nSPS) is 15.7. The molecule has 0 radical (unpaired) electrons. The molecule has 1 heterocycles. The fraction of sp³-hybridized carbons (Fsp3) is 0.588. The van der Waals surface area contributed by atoms with Gasteiger partial charge in [-0.15, -0.1) is 0 Å². The van der Waals surface area contributed by atoms with E-state index in [1.54, 1.807) is 14.2 Å². The van der Waals surface area contributed by atoms with E-state index in [1.807, 2.05) is 23.1 Å². The number of ether oxygens (including phenoxy) is 2. The third-order valence-corrected chi connectivity index (χ3v) is 4.27. The molecule has 5 heteroatoms. The van der Waals surface area contributed by atoms with E-state index in [1.165, 1.54) is 0 Å². The molecule has 0 N–H and O–H groups in total. The van der Waals surface area contributed by atoms with E-state index in [-0.39, 0.29) is 5.91 Å². The summed E-state index contributed by atoms with van der Waals surface area (Å²) in [6, 6.07) is 5.70. The zero-order valence-electron chi connectivity index (χ0n) is 13.8. The van der Waals surface area contributed by atoms with Gasteiger partial charge in [-0.1, -0.05) is 6.92 Å². The standard InChI is InChI=1S/C17H26N2O3/c1-4-18-9-11-19(12-10-18)17(20)8-5-14-13-15(21-2)6-7-16(14)22-3/h6-7,13H,4-5,8-12H2,1-3H3. The maximum atomic E-state index is 12.4. The molecule has 5 nitrogen and oxygen atoms in total. The second kappa shape index (κ2) is 8.03. The highest BCUT2D eigenvalue weighted by Crippen LogP contribution is 2.25. The minimum Gasteiger partial charge on any atom is -0.497 e. The number of amides is 1. The first kappa shape index (κ1) is 16.6. The average Bonchev–Trinajstić information content (AvgIpc) is 2.59. The van der Waals surface area contributed by atoms with Crippen LogP contribution < -0.4 is 9.47 Å². The van der Waals surface area contributed by atoms with Gasteiger partial charge < -0.3 is 19.3 Å². The van der Waals surface area contributed by atoms with Gasteiger partial charge in [-0.2, -0.15) is 0 Å². The van der Waals surface area contributed by atoms with Gasteiger partial charge in [0.2, 0.25) is 5.91 Å². The summed E-state index contributed by atoms with van der Waals surface area (Å²) in [4.78, 5) is 16.7. The number of aryl methyl sites for hydroxylation is 1. The number of piperazine rings is 1. The van der Waals surface area contributed by atoms with Gasteiger partial charge in [-0.3, -0.25) is 4.79 Å². The summed E-state index contributed by atoms with van der Waals surface area (Å²) in [5, 5.41) is 0. The van der Waals surface area contributed by atoms with Crippen LogP contribution in [0.5, 0.6) is 11.5 Å². The molecular formula is C17H26N2O3. The number of carbonyl (C=O) groups is 1. The van der Waals surface area contributed by atoms with Gasteiger partial charge in [0, 0.05) is 32.6 Å². The molecule has 0 bridgehead atoms. The van der Waals surface area contributed by atoms with E-state index in [9.17, 15) is 4.79 Å². The van der Waals surface area contributed by atoms with Crippen LogP contribution in [0.4, 0.5) is 0 Å².